The molecule has 0 spiro atoms. The Kier molecular flexibility index (Phi) is 42.1. The Morgan fingerprint density at radius 1 is 0.500 bits per heavy atom. The van der Waals surface area contributed by atoms with Crippen molar-refractivity contribution in [1.29, 1.82) is 0 Å². The smallest absolute Gasteiger partial charge is 0.309 e. The van der Waals surface area contributed by atoms with Gasteiger partial charge in [-0.05, 0) is 83.5 Å². The summed E-state index contributed by atoms with van der Waals surface area (Å²) in [5.74, 6) is -1.00. The molecular formula is C54H88NO8P. The lowest BCUT2D eigenvalue weighted by Gasteiger charge is -2.28. The van der Waals surface area contributed by atoms with E-state index in [1.807, 2.05) is 33.3 Å². The van der Waals surface area contributed by atoms with Crippen LogP contribution in [0.4, 0.5) is 0 Å². The lowest BCUT2D eigenvalue weighted by molar-refractivity contribution is -0.870. The number of unbranched alkanes of at least 4 members (excludes halogenated alkanes) is 9. The predicted octanol–water partition coefficient (Wildman–Crippen LogP) is 13.8. The third kappa shape index (κ3) is 47.9. The Morgan fingerprint density at radius 3 is 1.33 bits per heavy atom. The fourth-order valence-electron chi connectivity index (χ4n) is 5.81. The zero-order valence-corrected chi connectivity index (χ0v) is 41.6. The summed E-state index contributed by atoms with van der Waals surface area (Å²) in [7, 11) is 1.09. The molecule has 0 rings (SSSR count). The average molecular weight is 910 g/mol. The first kappa shape index (κ1) is 60.4. The van der Waals surface area contributed by atoms with E-state index in [9.17, 15) is 19.0 Å². The number of allylic oxidation sites excluding steroid dienone is 19. The summed E-state index contributed by atoms with van der Waals surface area (Å²) >= 11 is 0. The second kappa shape index (κ2) is 44.6. The monoisotopic (exact) mass is 910 g/mol. The predicted molar refractivity (Wildman–Crippen MR) is 268 cm³/mol. The van der Waals surface area contributed by atoms with Gasteiger partial charge in [0.25, 0.3) is 7.82 Å². The Balaban J connectivity index is 4.38. The van der Waals surface area contributed by atoms with Gasteiger partial charge in [-0.15, -0.1) is 0 Å². The molecule has 0 heterocycles. The minimum absolute atomic E-state index is 0.0361. The summed E-state index contributed by atoms with van der Waals surface area (Å²) in [6.07, 6.45) is 62.6. The zero-order valence-electron chi connectivity index (χ0n) is 40.7. The molecule has 0 bridgehead atoms. The highest BCUT2D eigenvalue weighted by Gasteiger charge is 2.21. The molecule has 0 amide bonds. The van der Waals surface area contributed by atoms with Crippen molar-refractivity contribution in [2.45, 2.75) is 161 Å². The van der Waals surface area contributed by atoms with Gasteiger partial charge in [0.2, 0.25) is 0 Å². The van der Waals surface area contributed by atoms with E-state index in [1.165, 1.54) is 32.1 Å². The number of phosphoric acid groups is 1. The lowest BCUT2D eigenvalue weighted by Crippen LogP contribution is -2.37. The Bertz CT molecular complexity index is 1490. The molecule has 362 valence electrons. The number of likely N-dealkylation sites (N-methyl/N-ethyl adjacent to an activating group) is 1. The SMILES string of the molecule is CC/C=C\C/C=C\C/C=C\C/C=C\C/C=C\CCCCCCCCCCCC(=O)OC(COC(=O)C/C=C\C/C=C\C/C=C\C/C=C\C/C=C\CC)COP(=O)([O-])OCC[N+](C)(C)C. The van der Waals surface area contributed by atoms with Gasteiger partial charge < -0.3 is 27.9 Å². The molecule has 0 radical (unpaired) electrons. The second-order valence-corrected chi connectivity index (χ2v) is 18.1. The van der Waals surface area contributed by atoms with E-state index >= 15 is 0 Å². The molecule has 0 aliphatic heterocycles. The van der Waals surface area contributed by atoms with E-state index in [4.69, 9.17) is 18.5 Å². The van der Waals surface area contributed by atoms with E-state index in [2.05, 4.69) is 117 Å². The Labute approximate surface area is 390 Å². The maximum atomic E-state index is 12.7. The first-order valence-electron chi connectivity index (χ1n) is 24.2. The van der Waals surface area contributed by atoms with Gasteiger partial charge in [-0.3, -0.25) is 14.2 Å². The molecule has 2 unspecified atom stereocenters. The van der Waals surface area contributed by atoms with Crippen LogP contribution in [-0.4, -0.2) is 70.0 Å². The van der Waals surface area contributed by atoms with E-state index in [0.717, 1.165) is 83.5 Å². The maximum absolute atomic E-state index is 12.7. The van der Waals surface area contributed by atoms with Gasteiger partial charge in [-0.2, -0.15) is 0 Å². The molecule has 0 fully saturated rings. The van der Waals surface area contributed by atoms with Crippen molar-refractivity contribution >= 4 is 19.8 Å². The summed E-state index contributed by atoms with van der Waals surface area (Å²) in [4.78, 5) is 37.6. The highest BCUT2D eigenvalue weighted by molar-refractivity contribution is 7.45. The molecule has 0 saturated carbocycles. The van der Waals surface area contributed by atoms with Crippen LogP contribution in [0.1, 0.15) is 155 Å². The number of nitrogens with zero attached hydrogens (tertiary/aromatic N) is 1. The molecular weight excluding hydrogens is 822 g/mol. The largest absolute Gasteiger partial charge is 0.756 e. The number of rotatable bonds is 42. The van der Waals surface area contributed by atoms with Crippen molar-refractivity contribution in [3.8, 4) is 0 Å². The molecule has 0 aromatic carbocycles. The van der Waals surface area contributed by atoms with Gasteiger partial charge in [0.15, 0.2) is 6.10 Å². The first-order valence-corrected chi connectivity index (χ1v) is 25.7. The van der Waals surface area contributed by atoms with Crippen LogP contribution >= 0.6 is 7.82 Å². The van der Waals surface area contributed by atoms with E-state index < -0.39 is 32.5 Å². The van der Waals surface area contributed by atoms with Gasteiger partial charge in [0, 0.05) is 6.42 Å². The van der Waals surface area contributed by atoms with Crippen molar-refractivity contribution in [2.24, 2.45) is 0 Å². The number of carbonyl (C=O) groups excluding carboxylic acids is 2. The van der Waals surface area contributed by atoms with Gasteiger partial charge in [0.05, 0.1) is 34.2 Å². The molecule has 9 nitrogen and oxygen atoms in total. The zero-order chi connectivity index (χ0) is 47.1. The normalized spacial score (nSPS) is 14.5. The average Bonchev–Trinajstić information content (AvgIpc) is 3.25. The fourth-order valence-corrected chi connectivity index (χ4v) is 6.54. The third-order valence-corrected chi connectivity index (χ3v) is 10.5. The minimum atomic E-state index is -4.66. The summed E-state index contributed by atoms with van der Waals surface area (Å²) < 4.78 is 33.8. The van der Waals surface area contributed by atoms with Crippen LogP contribution in [0.25, 0.3) is 0 Å². The van der Waals surface area contributed by atoms with Crippen LogP contribution in [0.5, 0.6) is 0 Å². The molecule has 0 aliphatic carbocycles. The number of hydrogen-bond donors (Lipinski definition) is 0. The molecule has 0 saturated heterocycles. The minimum Gasteiger partial charge on any atom is -0.756 e. The molecule has 0 aliphatic rings. The van der Waals surface area contributed by atoms with Crippen LogP contribution < -0.4 is 4.89 Å². The van der Waals surface area contributed by atoms with Crippen molar-refractivity contribution in [1.82, 2.24) is 0 Å². The number of hydrogen-bond acceptors (Lipinski definition) is 8. The fraction of sp³-hybridized carbons (Fsp3) is 0.593. The van der Waals surface area contributed by atoms with Crippen molar-refractivity contribution < 1.29 is 42.1 Å². The summed E-state index contributed by atoms with van der Waals surface area (Å²) in [5, 5.41) is 0. The van der Waals surface area contributed by atoms with Gasteiger partial charge in [-0.1, -0.05) is 180 Å². The lowest BCUT2D eigenvalue weighted by atomic mass is 10.1. The van der Waals surface area contributed by atoms with Crippen LogP contribution in [0.15, 0.2) is 122 Å². The number of carbonyl (C=O) groups is 2. The third-order valence-electron chi connectivity index (χ3n) is 9.51. The Morgan fingerprint density at radius 2 is 0.891 bits per heavy atom. The maximum Gasteiger partial charge on any atom is 0.309 e. The van der Waals surface area contributed by atoms with Crippen molar-refractivity contribution in [2.75, 3.05) is 47.5 Å². The second-order valence-electron chi connectivity index (χ2n) is 16.7. The molecule has 10 heteroatoms. The molecule has 64 heavy (non-hydrogen) atoms. The topological polar surface area (TPSA) is 111 Å². The van der Waals surface area contributed by atoms with Crippen LogP contribution in [0, 0.1) is 0 Å². The van der Waals surface area contributed by atoms with Crippen LogP contribution in [-0.2, 0) is 32.7 Å². The van der Waals surface area contributed by atoms with Crippen LogP contribution in [0.3, 0.4) is 0 Å². The molecule has 2 atom stereocenters. The number of esters is 2. The highest BCUT2D eigenvalue weighted by atomic mass is 31.2. The summed E-state index contributed by atoms with van der Waals surface area (Å²) in [6.45, 7) is 3.85. The van der Waals surface area contributed by atoms with Crippen molar-refractivity contribution in [3.05, 3.63) is 122 Å². The first-order chi connectivity index (χ1) is 31.0. The van der Waals surface area contributed by atoms with Gasteiger partial charge in [-0.25, -0.2) is 0 Å². The standard InChI is InChI=1S/C54H88NO8P/c1-6-8-10-12-14-16-18-20-22-23-24-25-26-27-28-29-30-31-33-35-37-39-41-43-45-47-54(57)63-52(51-62-64(58,59)61-49-48-55(3,4)5)50-60-53(56)46-44-42-40-38-36-34-32-21-19-17-15-13-11-9-7-2/h8-11,14-17,20-22,24-25,27-28,32,36,38,42,44,52H,6-7,12-13,18-19,23,26,29-31,33-35,37,39-41,43,45-51H2,1-5H3/b10-8-,11-9-,16-14-,17-15-,22-20-,25-24-,28-27-,32-21-,38-36-,44-42-. The van der Waals surface area contributed by atoms with Gasteiger partial charge in [0.1, 0.15) is 19.8 Å². The quantitative estimate of drug-likeness (QED) is 0.0196. The molecule has 0 aromatic rings. The number of quaternary nitrogens is 1. The van der Waals surface area contributed by atoms with E-state index in [-0.39, 0.29) is 26.1 Å². The molecule has 0 N–H and O–H groups in total. The van der Waals surface area contributed by atoms with E-state index in [1.54, 1.807) is 6.08 Å². The number of phosphoric ester groups is 1. The van der Waals surface area contributed by atoms with Crippen molar-refractivity contribution in [3.63, 3.8) is 0 Å². The van der Waals surface area contributed by atoms with Crippen LogP contribution in [0.2, 0.25) is 0 Å². The highest BCUT2D eigenvalue weighted by Crippen LogP contribution is 2.38. The summed E-state index contributed by atoms with van der Waals surface area (Å²) in [5.41, 5.74) is 0. The Hall–Kier alpha value is -3.59. The van der Waals surface area contributed by atoms with Gasteiger partial charge >= 0.3 is 11.9 Å². The summed E-state index contributed by atoms with van der Waals surface area (Å²) in [6, 6.07) is 0. The number of ether oxygens (including phenoxy) is 2. The molecule has 0 aromatic heterocycles. The van der Waals surface area contributed by atoms with E-state index in [0.29, 0.717) is 23.9 Å².